The third-order valence-corrected chi connectivity index (χ3v) is 8.94. The number of methoxy groups -OCH3 is 1. The maximum atomic E-state index is 5.27. The third kappa shape index (κ3) is 3.92. The van der Waals surface area contributed by atoms with Crippen LogP contribution in [0.3, 0.4) is 0 Å². The molecular weight excluding hydrogens is 377 g/mol. The van der Waals surface area contributed by atoms with Crippen LogP contribution in [0.15, 0.2) is 47.5 Å². The summed E-state index contributed by atoms with van der Waals surface area (Å²) in [5.74, 6) is 0.888. The summed E-state index contributed by atoms with van der Waals surface area (Å²) >= 11 is -2.36. The van der Waals surface area contributed by atoms with Crippen LogP contribution in [0.1, 0.15) is 16.7 Å². The summed E-state index contributed by atoms with van der Waals surface area (Å²) in [4.78, 5) is 12.3. The molecule has 116 valence electrons. The second-order valence-corrected chi connectivity index (χ2v) is 20.9. The van der Waals surface area contributed by atoms with E-state index in [1.54, 1.807) is 7.11 Å². The van der Waals surface area contributed by atoms with Crippen molar-refractivity contribution in [3.8, 4) is 5.75 Å². The maximum absolute atomic E-state index is 5.27. The summed E-state index contributed by atoms with van der Waals surface area (Å²) < 4.78 is 6.57. The first-order chi connectivity index (χ1) is 10.3. The number of ether oxygens (including phenoxy) is 1. The molecule has 0 radical (unpaired) electrons. The first-order valence-corrected chi connectivity index (χ1v) is 17.6. The fraction of sp³-hybridized carbons (Fsp3) is 0.316. The average molecular weight is 402 g/mol. The van der Waals surface area contributed by atoms with E-state index in [9.17, 15) is 0 Å². The molecule has 2 aromatic rings. The van der Waals surface area contributed by atoms with Crippen LogP contribution in [0.2, 0.25) is 14.8 Å². The minimum atomic E-state index is -2.36. The Kier molecular flexibility index (Phi) is 5.32. The Labute approximate surface area is 138 Å². The number of hydrogen-bond donors (Lipinski definition) is 0. The molecule has 0 saturated carbocycles. The summed E-state index contributed by atoms with van der Waals surface area (Å²) in [7, 11) is 1.70. The van der Waals surface area contributed by atoms with Gasteiger partial charge in [-0.3, -0.25) is 0 Å². The fourth-order valence-corrected chi connectivity index (χ4v) is 6.73. The van der Waals surface area contributed by atoms with Gasteiger partial charge in [0.25, 0.3) is 0 Å². The van der Waals surface area contributed by atoms with Crippen molar-refractivity contribution in [2.24, 2.45) is 4.99 Å². The van der Waals surface area contributed by atoms with Crippen molar-refractivity contribution in [1.29, 1.82) is 0 Å². The van der Waals surface area contributed by atoms with Crippen LogP contribution in [0, 0.1) is 13.8 Å². The SMILES string of the molecule is COc1ccc([C](=Nc2c(C)cccc2C)[Sn]([CH3])([CH3])[CH3])cc1. The molecule has 0 fully saturated rings. The molecule has 0 aliphatic carbocycles. The Hall–Kier alpha value is -1.29. The van der Waals surface area contributed by atoms with Gasteiger partial charge in [0.1, 0.15) is 0 Å². The fourth-order valence-electron chi connectivity index (χ4n) is 2.51. The van der Waals surface area contributed by atoms with Crippen molar-refractivity contribution >= 4 is 27.8 Å². The first-order valence-electron chi connectivity index (χ1n) is 7.62. The zero-order valence-corrected chi connectivity index (χ0v) is 17.3. The molecule has 0 heterocycles. The van der Waals surface area contributed by atoms with Gasteiger partial charge < -0.3 is 0 Å². The van der Waals surface area contributed by atoms with Gasteiger partial charge in [-0.25, -0.2) is 0 Å². The number of aliphatic imine (C=N–C) groups is 1. The Morgan fingerprint density at radius 3 is 1.91 bits per heavy atom. The third-order valence-electron chi connectivity index (χ3n) is 3.74. The topological polar surface area (TPSA) is 21.6 Å². The van der Waals surface area contributed by atoms with Gasteiger partial charge in [0.05, 0.1) is 0 Å². The molecule has 22 heavy (non-hydrogen) atoms. The molecule has 0 unspecified atom stereocenters. The summed E-state index contributed by atoms with van der Waals surface area (Å²) in [6.45, 7) is 4.27. The zero-order valence-electron chi connectivity index (χ0n) is 14.4. The van der Waals surface area contributed by atoms with Gasteiger partial charge in [-0.15, -0.1) is 0 Å². The van der Waals surface area contributed by atoms with Gasteiger partial charge in [-0.05, 0) is 0 Å². The summed E-state index contributed by atoms with van der Waals surface area (Å²) in [5.41, 5.74) is 4.83. The molecule has 0 aromatic heterocycles. The van der Waals surface area contributed by atoms with Crippen molar-refractivity contribution in [1.82, 2.24) is 0 Å². The zero-order chi connectivity index (χ0) is 16.3. The van der Waals surface area contributed by atoms with Crippen LogP contribution in [0.4, 0.5) is 5.69 Å². The Morgan fingerprint density at radius 2 is 1.45 bits per heavy atom. The molecule has 2 aromatic carbocycles. The van der Waals surface area contributed by atoms with Gasteiger partial charge in [-0.2, -0.15) is 0 Å². The molecule has 2 rings (SSSR count). The molecular formula is C19H25NOSn. The number of nitrogens with zero attached hydrogens (tertiary/aromatic N) is 1. The summed E-state index contributed by atoms with van der Waals surface area (Å²) in [5, 5.41) is 0. The predicted molar refractivity (Wildman–Crippen MR) is 98.5 cm³/mol. The van der Waals surface area contributed by atoms with E-state index in [0.29, 0.717) is 0 Å². The van der Waals surface area contributed by atoms with Crippen LogP contribution in [-0.2, 0) is 0 Å². The number of para-hydroxylation sites is 1. The van der Waals surface area contributed by atoms with E-state index in [1.165, 1.54) is 20.4 Å². The van der Waals surface area contributed by atoms with Gasteiger partial charge in [0.2, 0.25) is 0 Å². The molecule has 0 N–H and O–H groups in total. The van der Waals surface area contributed by atoms with Crippen molar-refractivity contribution in [3.63, 3.8) is 0 Å². The molecule has 0 amide bonds. The van der Waals surface area contributed by atoms with Crippen LogP contribution < -0.4 is 4.74 Å². The molecule has 2 nitrogen and oxygen atoms in total. The molecule has 0 aliphatic rings. The van der Waals surface area contributed by atoms with Crippen molar-refractivity contribution < 1.29 is 4.74 Å². The average Bonchev–Trinajstić information content (AvgIpc) is 2.46. The van der Waals surface area contributed by atoms with Gasteiger partial charge in [0.15, 0.2) is 0 Å². The number of benzene rings is 2. The Balaban J connectivity index is 2.58. The molecule has 0 spiro atoms. The summed E-state index contributed by atoms with van der Waals surface area (Å²) in [6, 6.07) is 14.7. The molecule has 0 aliphatic heterocycles. The van der Waals surface area contributed by atoms with Crippen molar-refractivity contribution in [2.45, 2.75) is 28.7 Å². The van der Waals surface area contributed by atoms with Crippen LogP contribution in [0.5, 0.6) is 5.75 Å². The van der Waals surface area contributed by atoms with E-state index in [2.05, 4.69) is 59.0 Å². The van der Waals surface area contributed by atoms with E-state index in [1.807, 2.05) is 12.1 Å². The second-order valence-electron chi connectivity index (χ2n) is 6.68. The van der Waals surface area contributed by atoms with Gasteiger partial charge >= 0.3 is 138 Å². The van der Waals surface area contributed by atoms with Gasteiger partial charge in [0, 0.05) is 0 Å². The monoisotopic (exact) mass is 403 g/mol. The Morgan fingerprint density at radius 1 is 0.909 bits per heavy atom. The quantitative estimate of drug-likeness (QED) is 0.502. The molecule has 0 bridgehead atoms. The van der Waals surface area contributed by atoms with E-state index < -0.39 is 18.4 Å². The van der Waals surface area contributed by atoms with Crippen molar-refractivity contribution in [3.05, 3.63) is 59.2 Å². The van der Waals surface area contributed by atoms with Crippen molar-refractivity contribution in [2.75, 3.05) is 7.11 Å². The standard InChI is InChI=1S/C16H16NO.3CH3.Sn/c1-12-5-4-6-13(2)16(12)17-11-14-7-9-15(18-3)10-8-14;;;;/h4-10H,1-3H3;3*1H3;. The first kappa shape index (κ1) is 17.1. The van der Waals surface area contributed by atoms with E-state index in [-0.39, 0.29) is 0 Å². The van der Waals surface area contributed by atoms with E-state index >= 15 is 0 Å². The molecule has 0 atom stereocenters. The minimum absolute atomic E-state index is 0.888. The number of rotatable bonds is 4. The number of aryl methyl sites for hydroxylation is 2. The molecule has 0 saturated heterocycles. The second kappa shape index (κ2) is 6.86. The van der Waals surface area contributed by atoms with Crippen LogP contribution in [-0.4, -0.2) is 29.2 Å². The van der Waals surface area contributed by atoms with E-state index in [0.717, 1.165) is 11.4 Å². The van der Waals surface area contributed by atoms with Crippen LogP contribution >= 0.6 is 0 Å². The number of hydrogen-bond acceptors (Lipinski definition) is 2. The Bertz CT molecular complexity index is 661. The predicted octanol–water partition coefficient (Wildman–Crippen LogP) is 5.31. The van der Waals surface area contributed by atoms with Gasteiger partial charge in [-0.1, -0.05) is 0 Å². The van der Waals surface area contributed by atoms with E-state index in [4.69, 9.17) is 9.73 Å². The molecule has 3 heteroatoms. The van der Waals surface area contributed by atoms with Crippen LogP contribution in [0.25, 0.3) is 0 Å². The normalized spacial score (nSPS) is 12.4. The summed E-state index contributed by atoms with van der Waals surface area (Å²) in [6.07, 6.45) is 0.